The van der Waals surface area contributed by atoms with Gasteiger partial charge in [0.05, 0.1) is 36.4 Å². The van der Waals surface area contributed by atoms with Gasteiger partial charge in [0, 0.05) is 19.6 Å². The number of hydrogen-bond acceptors (Lipinski definition) is 21. The maximum Gasteiger partial charge on any atom is 0.277 e. The van der Waals surface area contributed by atoms with Gasteiger partial charge in [-0.25, -0.2) is 0 Å². The van der Waals surface area contributed by atoms with Crippen LogP contribution < -0.4 is 65.8 Å². The van der Waals surface area contributed by atoms with Crippen LogP contribution in [0.2, 0.25) is 0 Å². The van der Waals surface area contributed by atoms with E-state index in [1.54, 1.807) is 0 Å². The molecule has 3 aromatic heterocycles. The van der Waals surface area contributed by atoms with Gasteiger partial charge in [-0.1, -0.05) is 0 Å². The highest BCUT2D eigenvalue weighted by atomic mass is 16.3. The summed E-state index contributed by atoms with van der Waals surface area (Å²) >= 11 is 0. The number of H-pyrrole nitrogens is 3. The molecule has 0 aromatic carbocycles. The zero-order valence-electron chi connectivity index (χ0n) is 27.8. The molecular weight excluding hydrogens is 678 g/mol. The first-order chi connectivity index (χ1) is 24.0. The van der Waals surface area contributed by atoms with E-state index in [4.69, 9.17) is 17.2 Å². The molecule has 6 heterocycles. The molecule has 24 heteroatoms. The predicted octanol–water partition coefficient (Wildman–Crippen LogP) is -5.10. The SMILES string of the molecule is C[C@H](O)[C@H](O)[C@H]1CNc2nc(N)[nH]c(=O)c2N1.C[C@H](O)[C@H](O)[C@H]1CNc2nc(N)[nH]c(=O)c2N1.C[C@H](O)[C@H](O)[C@H]1CNc2nc(N)[nH]c(=O)c2N1. The Hall–Kier alpha value is -5.40. The Labute approximate surface area is 288 Å². The van der Waals surface area contributed by atoms with Gasteiger partial charge in [-0.15, -0.1) is 0 Å². The zero-order chi connectivity index (χ0) is 37.7. The number of nitrogens with zero attached hydrogens (tertiary/aromatic N) is 3. The number of fused-ring (bicyclic) bond motifs is 3. The van der Waals surface area contributed by atoms with E-state index in [1.165, 1.54) is 20.8 Å². The summed E-state index contributed by atoms with van der Waals surface area (Å²) in [5.41, 5.74) is 15.6. The van der Waals surface area contributed by atoms with Crippen LogP contribution in [0.15, 0.2) is 14.4 Å². The Morgan fingerprint density at radius 1 is 0.510 bits per heavy atom. The van der Waals surface area contributed by atoms with E-state index < -0.39 is 71.4 Å². The first-order valence-corrected chi connectivity index (χ1v) is 15.8. The van der Waals surface area contributed by atoms with E-state index in [-0.39, 0.29) is 34.9 Å². The summed E-state index contributed by atoms with van der Waals surface area (Å²) in [6, 6.07) is -1.39. The molecule has 24 nitrogen and oxygen atoms in total. The quantitative estimate of drug-likeness (QED) is 0.113. The Bertz CT molecular complexity index is 1620. The summed E-state index contributed by atoms with van der Waals surface area (Å²) in [6.07, 6.45) is -5.61. The van der Waals surface area contributed by atoms with Crippen LogP contribution >= 0.6 is 0 Å². The molecule has 0 aliphatic carbocycles. The number of rotatable bonds is 6. The van der Waals surface area contributed by atoms with Gasteiger partial charge in [-0.05, 0) is 20.8 Å². The molecule has 51 heavy (non-hydrogen) atoms. The molecule has 3 aliphatic rings. The molecule has 9 atom stereocenters. The number of aromatic amines is 3. The van der Waals surface area contributed by atoms with Gasteiger partial charge in [0.1, 0.15) is 35.4 Å². The summed E-state index contributed by atoms with van der Waals surface area (Å²) in [4.78, 5) is 53.6. The zero-order valence-corrected chi connectivity index (χ0v) is 27.8. The van der Waals surface area contributed by atoms with Crippen molar-refractivity contribution in [3.05, 3.63) is 31.1 Å². The second-order valence-corrected chi connectivity index (χ2v) is 12.1. The van der Waals surface area contributed by atoms with E-state index in [9.17, 15) is 45.0 Å². The third-order valence-electron chi connectivity index (χ3n) is 7.99. The van der Waals surface area contributed by atoms with Gasteiger partial charge in [-0.2, -0.15) is 15.0 Å². The van der Waals surface area contributed by atoms with Crippen molar-refractivity contribution in [3.8, 4) is 0 Å². The molecule has 0 fully saturated rings. The van der Waals surface area contributed by atoms with Crippen molar-refractivity contribution in [2.75, 3.05) is 68.7 Å². The van der Waals surface area contributed by atoms with Crippen molar-refractivity contribution < 1.29 is 30.6 Å². The standard InChI is InChI=1S/3C9H15N5O3/c3*1-3(15)6(16)4-2-11-7-5(12-4)8(17)14-9(10)13-7/h3*3-4,6,12,15-16H,2H2,1H3,(H4,10,11,13,14,17)/t3*3-,4+,6-/m000/s1. The predicted molar refractivity (Wildman–Crippen MR) is 189 cm³/mol. The van der Waals surface area contributed by atoms with Crippen LogP contribution in [0, 0.1) is 0 Å². The molecular formula is C27H45N15O9. The maximum atomic E-state index is 11.6. The summed E-state index contributed by atoms with van der Waals surface area (Å²) in [5.74, 6) is 1.12. The molecule has 0 saturated carbocycles. The third kappa shape index (κ3) is 9.24. The normalized spacial score (nSPS) is 21.9. The largest absolute Gasteiger partial charge is 0.391 e. The number of aromatic nitrogens is 6. The molecule has 0 saturated heterocycles. The first-order valence-electron chi connectivity index (χ1n) is 15.8. The maximum absolute atomic E-state index is 11.6. The van der Waals surface area contributed by atoms with Crippen molar-refractivity contribution in [2.24, 2.45) is 0 Å². The highest BCUT2D eigenvalue weighted by Gasteiger charge is 2.31. The van der Waals surface area contributed by atoms with Crippen LogP contribution in [0.25, 0.3) is 0 Å². The average molecular weight is 724 g/mol. The molecule has 21 N–H and O–H groups in total. The Morgan fingerprint density at radius 2 is 0.745 bits per heavy atom. The minimum Gasteiger partial charge on any atom is -0.391 e. The molecule has 0 bridgehead atoms. The summed E-state index contributed by atoms with van der Waals surface area (Å²) in [6.45, 7) is 5.47. The molecule has 0 radical (unpaired) electrons. The van der Waals surface area contributed by atoms with Gasteiger partial charge >= 0.3 is 0 Å². The molecule has 0 spiro atoms. The Kier molecular flexibility index (Phi) is 12.1. The highest BCUT2D eigenvalue weighted by molar-refractivity contribution is 5.69. The lowest BCUT2D eigenvalue weighted by molar-refractivity contribution is 0.0214. The van der Waals surface area contributed by atoms with Crippen LogP contribution in [-0.2, 0) is 0 Å². The van der Waals surface area contributed by atoms with Gasteiger partial charge in [-0.3, -0.25) is 29.3 Å². The summed E-state index contributed by atoms with van der Waals surface area (Å²) < 4.78 is 0. The van der Waals surface area contributed by atoms with Crippen LogP contribution in [0.4, 0.5) is 52.4 Å². The van der Waals surface area contributed by atoms with E-state index >= 15 is 0 Å². The van der Waals surface area contributed by atoms with E-state index in [0.717, 1.165) is 0 Å². The second-order valence-electron chi connectivity index (χ2n) is 12.1. The van der Waals surface area contributed by atoms with Gasteiger partial charge < -0.3 is 79.7 Å². The van der Waals surface area contributed by atoms with Crippen LogP contribution in [0.5, 0.6) is 0 Å². The minimum absolute atomic E-state index is 0.0255. The summed E-state index contributed by atoms with van der Waals surface area (Å²) in [5, 5.41) is 74.2. The van der Waals surface area contributed by atoms with Crippen molar-refractivity contribution in [3.63, 3.8) is 0 Å². The van der Waals surface area contributed by atoms with Crippen molar-refractivity contribution in [1.82, 2.24) is 29.9 Å². The second kappa shape index (κ2) is 16.1. The topological polar surface area (TPSA) is 409 Å². The number of nitrogen functional groups attached to an aromatic ring is 3. The average Bonchev–Trinajstić information content (AvgIpc) is 3.07. The fourth-order valence-electron chi connectivity index (χ4n) is 5.21. The first kappa shape index (κ1) is 38.4. The summed E-state index contributed by atoms with van der Waals surface area (Å²) in [7, 11) is 0. The highest BCUT2D eigenvalue weighted by Crippen LogP contribution is 2.24. The van der Waals surface area contributed by atoms with E-state index in [0.29, 0.717) is 37.1 Å². The van der Waals surface area contributed by atoms with Crippen LogP contribution in [0.1, 0.15) is 20.8 Å². The molecule has 0 unspecified atom stereocenters. The molecule has 282 valence electrons. The lowest BCUT2D eigenvalue weighted by atomic mass is 10.0. The Balaban J connectivity index is 0.000000172. The lowest BCUT2D eigenvalue weighted by Crippen LogP contribution is -2.48. The monoisotopic (exact) mass is 723 g/mol. The Morgan fingerprint density at radius 3 is 0.961 bits per heavy atom. The number of aliphatic hydroxyl groups is 6. The smallest absolute Gasteiger partial charge is 0.277 e. The van der Waals surface area contributed by atoms with Crippen molar-refractivity contribution in [1.29, 1.82) is 0 Å². The van der Waals surface area contributed by atoms with Gasteiger partial charge in [0.15, 0.2) is 17.5 Å². The molecule has 6 rings (SSSR count). The van der Waals surface area contributed by atoms with Crippen molar-refractivity contribution >= 4 is 52.4 Å². The van der Waals surface area contributed by atoms with Crippen molar-refractivity contribution in [2.45, 2.75) is 75.5 Å². The minimum atomic E-state index is -0.979. The van der Waals surface area contributed by atoms with Gasteiger partial charge in [0.25, 0.3) is 16.7 Å². The van der Waals surface area contributed by atoms with Gasteiger partial charge in [0.2, 0.25) is 17.8 Å². The fourth-order valence-corrected chi connectivity index (χ4v) is 5.21. The molecule has 3 aromatic rings. The third-order valence-corrected chi connectivity index (χ3v) is 7.99. The number of anilines is 9. The fraction of sp³-hybridized carbons (Fsp3) is 0.556. The lowest BCUT2D eigenvalue weighted by Gasteiger charge is -2.31. The van der Waals surface area contributed by atoms with E-state index in [2.05, 4.69) is 61.8 Å². The number of aliphatic hydroxyl groups excluding tert-OH is 6. The molecule has 0 amide bonds. The number of hydrogen-bond donors (Lipinski definition) is 18. The number of nitrogens with one attached hydrogen (secondary N) is 9. The number of nitrogens with two attached hydrogens (primary N) is 3. The van der Waals surface area contributed by atoms with Crippen LogP contribution in [0.3, 0.4) is 0 Å². The molecule has 3 aliphatic heterocycles. The van der Waals surface area contributed by atoms with E-state index in [1.807, 2.05) is 0 Å². The van der Waals surface area contributed by atoms with Crippen LogP contribution in [-0.4, -0.2) is 135 Å².